The molecule has 0 aliphatic heterocycles. The number of hydrogen-bond donors (Lipinski definition) is 0. The molecule has 176 valence electrons. The summed E-state index contributed by atoms with van der Waals surface area (Å²) in [5.74, 6) is 0. The van der Waals surface area contributed by atoms with Gasteiger partial charge in [0.2, 0.25) is 0 Å². The lowest BCUT2D eigenvalue weighted by molar-refractivity contribution is 0.671. The van der Waals surface area contributed by atoms with Gasteiger partial charge in [-0.3, -0.25) is 0 Å². The standard InChI is InChI=1S/C30H46N2/c1-5-9-22-31(23-10-6-2)29-21-20-28(19-18-27-16-14-13-15-17-27)30(26-29)32(24-11-7-3)25-12-8-4/h13-21,26H,5-12,22-25H2,1-4H3/b19-18+. The molecule has 2 heteroatoms. The Labute approximate surface area is 198 Å². The van der Waals surface area contributed by atoms with E-state index in [-0.39, 0.29) is 0 Å². The van der Waals surface area contributed by atoms with Crippen LogP contribution in [0.15, 0.2) is 48.5 Å². The van der Waals surface area contributed by atoms with Crippen molar-refractivity contribution in [2.45, 2.75) is 79.1 Å². The van der Waals surface area contributed by atoms with Crippen molar-refractivity contribution in [1.82, 2.24) is 0 Å². The minimum absolute atomic E-state index is 1.13. The van der Waals surface area contributed by atoms with Crippen molar-refractivity contribution in [3.8, 4) is 0 Å². The number of benzene rings is 2. The maximum Gasteiger partial charge on any atom is 0.0460 e. The van der Waals surface area contributed by atoms with Gasteiger partial charge in [-0.1, -0.05) is 102 Å². The third-order valence-electron chi connectivity index (χ3n) is 6.10. The van der Waals surface area contributed by atoms with Gasteiger partial charge in [-0.2, -0.15) is 0 Å². The molecule has 0 aromatic heterocycles. The molecule has 0 heterocycles. The van der Waals surface area contributed by atoms with E-state index in [0.717, 1.165) is 26.2 Å². The molecule has 2 aromatic carbocycles. The molecule has 2 aromatic rings. The Morgan fingerprint density at radius 3 is 1.66 bits per heavy atom. The third-order valence-corrected chi connectivity index (χ3v) is 6.10. The maximum absolute atomic E-state index is 2.64. The molecule has 0 saturated heterocycles. The van der Waals surface area contributed by atoms with Crippen LogP contribution in [-0.2, 0) is 0 Å². The van der Waals surface area contributed by atoms with Gasteiger partial charge in [0.25, 0.3) is 0 Å². The first kappa shape index (κ1) is 26.0. The van der Waals surface area contributed by atoms with E-state index in [1.165, 1.54) is 73.9 Å². The van der Waals surface area contributed by atoms with E-state index in [0.29, 0.717) is 0 Å². The Morgan fingerprint density at radius 1 is 0.594 bits per heavy atom. The van der Waals surface area contributed by atoms with E-state index in [1.807, 2.05) is 0 Å². The molecule has 0 fully saturated rings. The lowest BCUT2D eigenvalue weighted by Gasteiger charge is -2.30. The number of unbranched alkanes of at least 4 members (excludes halogenated alkanes) is 4. The second kappa shape index (κ2) is 15.6. The third kappa shape index (κ3) is 8.73. The van der Waals surface area contributed by atoms with E-state index in [9.17, 15) is 0 Å². The van der Waals surface area contributed by atoms with Gasteiger partial charge in [0.1, 0.15) is 0 Å². The van der Waals surface area contributed by atoms with Gasteiger partial charge in [0.15, 0.2) is 0 Å². The highest BCUT2D eigenvalue weighted by molar-refractivity contribution is 5.79. The highest BCUT2D eigenvalue weighted by atomic mass is 15.1. The van der Waals surface area contributed by atoms with Crippen LogP contribution in [0.4, 0.5) is 11.4 Å². The number of rotatable bonds is 16. The van der Waals surface area contributed by atoms with Gasteiger partial charge in [0.05, 0.1) is 0 Å². The maximum atomic E-state index is 2.64. The average molecular weight is 435 g/mol. The summed E-state index contributed by atoms with van der Waals surface area (Å²) in [6.07, 6.45) is 14.5. The van der Waals surface area contributed by atoms with Crippen LogP contribution in [-0.4, -0.2) is 26.2 Å². The molecular weight excluding hydrogens is 388 g/mol. The minimum Gasteiger partial charge on any atom is -0.371 e. The first-order valence-electron chi connectivity index (χ1n) is 13.1. The zero-order chi connectivity index (χ0) is 23.0. The van der Waals surface area contributed by atoms with Crippen molar-refractivity contribution in [3.05, 3.63) is 59.7 Å². The zero-order valence-corrected chi connectivity index (χ0v) is 21.2. The topological polar surface area (TPSA) is 6.48 Å². The SMILES string of the molecule is CCCCN(CCCC)c1ccc(/C=C/c2ccccc2)c(N(CCCC)CCCC)c1. The van der Waals surface area contributed by atoms with E-state index in [4.69, 9.17) is 0 Å². The summed E-state index contributed by atoms with van der Waals surface area (Å²) in [6, 6.07) is 17.8. The van der Waals surface area contributed by atoms with Crippen LogP contribution in [0.5, 0.6) is 0 Å². The summed E-state index contributed by atoms with van der Waals surface area (Å²) in [7, 11) is 0. The van der Waals surface area contributed by atoms with E-state index in [1.54, 1.807) is 0 Å². The molecule has 0 spiro atoms. The van der Waals surface area contributed by atoms with Crippen LogP contribution >= 0.6 is 0 Å². The van der Waals surface area contributed by atoms with Crippen LogP contribution in [0.1, 0.15) is 90.2 Å². The van der Waals surface area contributed by atoms with Gasteiger partial charge in [0, 0.05) is 37.6 Å². The van der Waals surface area contributed by atoms with E-state index >= 15 is 0 Å². The first-order chi connectivity index (χ1) is 15.7. The van der Waals surface area contributed by atoms with Crippen molar-refractivity contribution in [2.24, 2.45) is 0 Å². The number of nitrogens with zero attached hydrogens (tertiary/aromatic N) is 2. The summed E-state index contributed by atoms with van der Waals surface area (Å²) in [5.41, 5.74) is 5.37. The van der Waals surface area contributed by atoms with Crippen molar-refractivity contribution in [3.63, 3.8) is 0 Å². The van der Waals surface area contributed by atoms with Crippen molar-refractivity contribution < 1.29 is 0 Å². The highest BCUT2D eigenvalue weighted by Gasteiger charge is 2.14. The van der Waals surface area contributed by atoms with Gasteiger partial charge >= 0.3 is 0 Å². The zero-order valence-electron chi connectivity index (χ0n) is 21.2. The van der Waals surface area contributed by atoms with E-state index in [2.05, 4.69) is 98.2 Å². The fourth-order valence-electron chi connectivity index (χ4n) is 4.01. The second-order valence-corrected chi connectivity index (χ2v) is 8.88. The van der Waals surface area contributed by atoms with Crippen LogP contribution in [0.25, 0.3) is 12.2 Å². The number of hydrogen-bond acceptors (Lipinski definition) is 2. The quantitative estimate of drug-likeness (QED) is 0.244. The van der Waals surface area contributed by atoms with Crippen LogP contribution < -0.4 is 9.80 Å². The molecule has 0 aliphatic carbocycles. The average Bonchev–Trinajstić information content (AvgIpc) is 2.84. The summed E-state index contributed by atoms with van der Waals surface area (Å²) >= 11 is 0. The fraction of sp³-hybridized carbons (Fsp3) is 0.533. The summed E-state index contributed by atoms with van der Waals surface area (Å²) < 4.78 is 0. The Morgan fingerprint density at radius 2 is 1.12 bits per heavy atom. The lowest BCUT2D eigenvalue weighted by atomic mass is 10.1. The van der Waals surface area contributed by atoms with Crippen LogP contribution in [0, 0.1) is 0 Å². The fourth-order valence-corrected chi connectivity index (χ4v) is 4.01. The largest absolute Gasteiger partial charge is 0.371 e. The summed E-state index contributed by atoms with van der Waals surface area (Å²) in [6.45, 7) is 13.7. The summed E-state index contributed by atoms with van der Waals surface area (Å²) in [5, 5.41) is 0. The molecule has 0 radical (unpaired) electrons. The molecule has 32 heavy (non-hydrogen) atoms. The normalized spacial score (nSPS) is 11.2. The Kier molecular flexibility index (Phi) is 12.7. The number of anilines is 2. The van der Waals surface area contributed by atoms with Gasteiger partial charge in [-0.05, 0) is 48.9 Å². The second-order valence-electron chi connectivity index (χ2n) is 8.88. The Balaban J connectivity index is 2.42. The van der Waals surface area contributed by atoms with Crippen molar-refractivity contribution in [1.29, 1.82) is 0 Å². The predicted molar refractivity (Wildman–Crippen MR) is 146 cm³/mol. The predicted octanol–water partition coefficient (Wildman–Crippen LogP) is 8.67. The molecule has 2 rings (SSSR count). The van der Waals surface area contributed by atoms with Crippen molar-refractivity contribution >= 4 is 23.5 Å². The molecular formula is C30H46N2. The molecule has 0 amide bonds. The molecule has 0 aliphatic rings. The Bertz CT molecular complexity index is 750. The monoisotopic (exact) mass is 434 g/mol. The van der Waals surface area contributed by atoms with Gasteiger partial charge in [-0.15, -0.1) is 0 Å². The smallest absolute Gasteiger partial charge is 0.0460 e. The molecule has 0 atom stereocenters. The first-order valence-corrected chi connectivity index (χ1v) is 13.1. The van der Waals surface area contributed by atoms with Crippen molar-refractivity contribution in [2.75, 3.05) is 36.0 Å². The van der Waals surface area contributed by atoms with Crippen LogP contribution in [0.3, 0.4) is 0 Å². The highest BCUT2D eigenvalue weighted by Crippen LogP contribution is 2.30. The minimum atomic E-state index is 1.13. The lowest BCUT2D eigenvalue weighted by Crippen LogP contribution is -2.28. The molecule has 0 N–H and O–H groups in total. The van der Waals surface area contributed by atoms with Crippen LogP contribution in [0.2, 0.25) is 0 Å². The van der Waals surface area contributed by atoms with E-state index < -0.39 is 0 Å². The van der Waals surface area contributed by atoms with Gasteiger partial charge in [-0.25, -0.2) is 0 Å². The Hall–Kier alpha value is -2.22. The summed E-state index contributed by atoms with van der Waals surface area (Å²) in [4.78, 5) is 5.25. The molecule has 0 unspecified atom stereocenters. The molecule has 0 saturated carbocycles. The van der Waals surface area contributed by atoms with Gasteiger partial charge < -0.3 is 9.80 Å². The molecule has 0 bridgehead atoms. The molecule has 2 nitrogen and oxygen atoms in total.